The van der Waals surface area contributed by atoms with Crippen molar-refractivity contribution in [2.24, 2.45) is 0 Å². The molecule has 2 aliphatic rings. The Morgan fingerprint density at radius 2 is 2.19 bits per heavy atom. The third-order valence-electron chi connectivity index (χ3n) is 3.96. The fourth-order valence-corrected chi connectivity index (χ4v) is 2.91. The van der Waals surface area contributed by atoms with Gasteiger partial charge < -0.3 is 19.5 Å². The van der Waals surface area contributed by atoms with Gasteiger partial charge in [-0.2, -0.15) is 0 Å². The van der Waals surface area contributed by atoms with Crippen molar-refractivity contribution in [3.63, 3.8) is 0 Å². The van der Waals surface area contributed by atoms with E-state index in [0.29, 0.717) is 25.3 Å². The van der Waals surface area contributed by atoms with E-state index in [0.717, 1.165) is 5.56 Å². The number of halogens is 1. The molecule has 2 fully saturated rings. The second-order valence-corrected chi connectivity index (χ2v) is 5.29. The molecule has 0 radical (unpaired) electrons. The molecular formula is C15H18FNO4. The molecule has 114 valence electrons. The fourth-order valence-electron chi connectivity index (χ4n) is 2.91. The lowest BCUT2D eigenvalue weighted by atomic mass is 9.93. The summed E-state index contributed by atoms with van der Waals surface area (Å²) >= 11 is 0. The van der Waals surface area contributed by atoms with Gasteiger partial charge in [0.05, 0.1) is 25.7 Å². The van der Waals surface area contributed by atoms with Gasteiger partial charge in [0.15, 0.2) is 6.30 Å². The second kappa shape index (κ2) is 5.99. The standard InChI is InChI=1S/C15H18FNO4/c16-14-9-20-6-5-17(14)13-4-2-1-3-11(13)12-7-10(8-18)21-15(12)19/h1-4,10,12,14,18H,5-9H2/t10-,12?,14?/m1/s1. The molecule has 2 unspecified atom stereocenters. The minimum absolute atomic E-state index is 0.0305. The van der Waals surface area contributed by atoms with E-state index in [9.17, 15) is 9.18 Å². The van der Waals surface area contributed by atoms with Crippen LogP contribution in [0.3, 0.4) is 0 Å². The van der Waals surface area contributed by atoms with E-state index in [4.69, 9.17) is 14.6 Å². The number of carbonyl (C=O) groups excluding carboxylic acids is 1. The molecule has 2 heterocycles. The summed E-state index contributed by atoms with van der Waals surface area (Å²) in [5.41, 5.74) is 1.46. The summed E-state index contributed by atoms with van der Waals surface area (Å²) < 4.78 is 24.3. The third-order valence-corrected chi connectivity index (χ3v) is 3.96. The summed E-state index contributed by atoms with van der Waals surface area (Å²) in [5.74, 6) is -0.807. The zero-order valence-corrected chi connectivity index (χ0v) is 11.6. The van der Waals surface area contributed by atoms with E-state index in [-0.39, 0.29) is 19.2 Å². The number of morpholine rings is 1. The maximum atomic E-state index is 14.1. The van der Waals surface area contributed by atoms with Crippen LogP contribution < -0.4 is 4.90 Å². The van der Waals surface area contributed by atoms with Gasteiger partial charge in [0.1, 0.15) is 6.10 Å². The first-order chi connectivity index (χ1) is 10.2. The average Bonchev–Trinajstić information content (AvgIpc) is 2.89. The van der Waals surface area contributed by atoms with Crippen molar-refractivity contribution in [3.8, 4) is 0 Å². The van der Waals surface area contributed by atoms with Gasteiger partial charge in [0.2, 0.25) is 0 Å². The normalized spacial score (nSPS) is 29.5. The Bertz CT molecular complexity index is 524. The average molecular weight is 295 g/mol. The number of para-hydroxylation sites is 1. The Hall–Kier alpha value is -1.66. The molecule has 2 aliphatic heterocycles. The van der Waals surface area contributed by atoms with Crippen LogP contribution in [0.1, 0.15) is 17.9 Å². The highest BCUT2D eigenvalue weighted by atomic mass is 19.1. The number of benzene rings is 1. The summed E-state index contributed by atoms with van der Waals surface area (Å²) in [6.07, 6.45) is -1.26. The van der Waals surface area contributed by atoms with E-state index in [1.807, 2.05) is 24.3 Å². The molecule has 0 saturated carbocycles. The van der Waals surface area contributed by atoms with Crippen molar-refractivity contribution in [1.29, 1.82) is 0 Å². The number of alkyl halides is 1. The third kappa shape index (κ3) is 2.73. The Labute approximate surface area is 122 Å². The summed E-state index contributed by atoms with van der Waals surface area (Å²) in [4.78, 5) is 13.6. The van der Waals surface area contributed by atoms with Crippen LogP contribution in [0, 0.1) is 0 Å². The summed E-state index contributed by atoms with van der Waals surface area (Å²) in [7, 11) is 0. The molecule has 3 rings (SSSR count). The highest BCUT2D eigenvalue weighted by Gasteiger charge is 2.37. The van der Waals surface area contributed by atoms with Crippen LogP contribution in [-0.4, -0.2) is 49.8 Å². The van der Waals surface area contributed by atoms with Gasteiger partial charge >= 0.3 is 5.97 Å². The molecular weight excluding hydrogens is 277 g/mol. The molecule has 0 aliphatic carbocycles. The van der Waals surface area contributed by atoms with Gasteiger partial charge in [0, 0.05) is 18.7 Å². The van der Waals surface area contributed by atoms with Crippen LogP contribution in [0.2, 0.25) is 0 Å². The van der Waals surface area contributed by atoms with E-state index in [1.54, 1.807) is 4.90 Å². The first kappa shape index (κ1) is 14.3. The Morgan fingerprint density at radius 3 is 2.90 bits per heavy atom. The van der Waals surface area contributed by atoms with Crippen molar-refractivity contribution in [2.45, 2.75) is 24.7 Å². The molecule has 2 saturated heterocycles. The predicted octanol–water partition coefficient (Wildman–Crippen LogP) is 1.21. The zero-order chi connectivity index (χ0) is 14.8. The fraction of sp³-hybridized carbons (Fsp3) is 0.533. The Balaban J connectivity index is 1.91. The number of aliphatic hydroxyl groups is 1. The number of anilines is 1. The lowest BCUT2D eigenvalue weighted by Crippen LogP contribution is -2.43. The first-order valence-corrected chi connectivity index (χ1v) is 7.09. The minimum atomic E-state index is -1.22. The van der Waals surface area contributed by atoms with E-state index < -0.39 is 18.3 Å². The second-order valence-electron chi connectivity index (χ2n) is 5.29. The predicted molar refractivity (Wildman–Crippen MR) is 73.8 cm³/mol. The van der Waals surface area contributed by atoms with Crippen molar-refractivity contribution < 1.29 is 23.8 Å². The molecule has 21 heavy (non-hydrogen) atoms. The lowest BCUT2D eigenvalue weighted by molar-refractivity contribution is -0.143. The molecule has 0 spiro atoms. The topological polar surface area (TPSA) is 59.0 Å². The van der Waals surface area contributed by atoms with Gasteiger partial charge in [-0.15, -0.1) is 0 Å². The highest BCUT2D eigenvalue weighted by Crippen LogP contribution is 2.37. The van der Waals surface area contributed by atoms with Crippen molar-refractivity contribution in [3.05, 3.63) is 29.8 Å². The monoisotopic (exact) mass is 295 g/mol. The van der Waals surface area contributed by atoms with Crippen LogP contribution in [0.15, 0.2) is 24.3 Å². The van der Waals surface area contributed by atoms with Crippen LogP contribution in [0.4, 0.5) is 10.1 Å². The molecule has 0 amide bonds. The Kier molecular flexibility index (Phi) is 4.07. The quantitative estimate of drug-likeness (QED) is 0.671. The van der Waals surface area contributed by atoms with Crippen molar-refractivity contribution >= 4 is 11.7 Å². The van der Waals surface area contributed by atoms with E-state index >= 15 is 0 Å². The molecule has 1 aromatic rings. The first-order valence-electron chi connectivity index (χ1n) is 7.09. The number of hydrogen-bond donors (Lipinski definition) is 1. The molecule has 5 nitrogen and oxygen atoms in total. The van der Waals surface area contributed by atoms with Crippen molar-refractivity contribution in [2.75, 3.05) is 31.3 Å². The maximum absolute atomic E-state index is 14.1. The number of cyclic esters (lactones) is 1. The minimum Gasteiger partial charge on any atom is -0.459 e. The van der Waals surface area contributed by atoms with Crippen molar-refractivity contribution in [1.82, 2.24) is 0 Å². The number of ether oxygens (including phenoxy) is 2. The number of rotatable bonds is 3. The molecule has 6 heteroatoms. The smallest absolute Gasteiger partial charge is 0.313 e. The van der Waals surface area contributed by atoms with Gasteiger partial charge in [-0.25, -0.2) is 4.39 Å². The molecule has 3 atom stereocenters. The number of esters is 1. The molecule has 0 aromatic heterocycles. The van der Waals surface area contributed by atoms with Gasteiger partial charge in [-0.05, 0) is 11.6 Å². The molecule has 1 aromatic carbocycles. The number of hydrogen-bond acceptors (Lipinski definition) is 5. The van der Waals surface area contributed by atoms with Crippen LogP contribution in [-0.2, 0) is 14.3 Å². The number of nitrogens with zero attached hydrogens (tertiary/aromatic N) is 1. The van der Waals surface area contributed by atoms with Gasteiger partial charge in [-0.1, -0.05) is 18.2 Å². The lowest BCUT2D eigenvalue weighted by Gasteiger charge is -2.34. The van der Waals surface area contributed by atoms with Gasteiger partial charge in [0.25, 0.3) is 0 Å². The Morgan fingerprint density at radius 1 is 1.38 bits per heavy atom. The summed E-state index contributed by atoms with van der Waals surface area (Å²) in [5, 5.41) is 9.14. The zero-order valence-electron chi connectivity index (χ0n) is 11.6. The number of carbonyl (C=O) groups is 1. The summed E-state index contributed by atoms with van der Waals surface area (Å²) in [6, 6.07) is 7.28. The van der Waals surface area contributed by atoms with Crippen LogP contribution in [0.5, 0.6) is 0 Å². The van der Waals surface area contributed by atoms with E-state index in [2.05, 4.69) is 0 Å². The van der Waals surface area contributed by atoms with Gasteiger partial charge in [-0.3, -0.25) is 4.79 Å². The van der Waals surface area contributed by atoms with E-state index in [1.165, 1.54) is 0 Å². The van der Waals surface area contributed by atoms with Crippen LogP contribution >= 0.6 is 0 Å². The molecule has 0 bridgehead atoms. The highest BCUT2D eigenvalue weighted by molar-refractivity contribution is 5.83. The van der Waals surface area contributed by atoms with Crippen LogP contribution in [0.25, 0.3) is 0 Å². The summed E-state index contributed by atoms with van der Waals surface area (Å²) in [6.45, 7) is 0.753. The SMILES string of the molecule is O=C1O[C@@H](CO)CC1c1ccccc1N1CCOCC1F. The number of aliphatic hydroxyl groups excluding tert-OH is 1. The largest absolute Gasteiger partial charge is 0.459 e. The maximum Gasteiger partial charge on any atom is 0.313 e. The molecule has 1 N–H and O–H groups in total.